The molecule has 2 rings (SSSR count). The highest BCUT2D eigenvalue weighted by Gasteiger charge is 2.18. The number of amides is 1. The van der Waals surface area contributed by atoms with Crippen molar-refractivity contribution in [3.63, 3.8) is 0 Å². The Morgan fingerprint density at radius 3 is 2.80 bits per heavy atom. The van der Waals surface area contributed by atoms with Gasteiger partial charge in [-0.2, -0.15) is 5.26 Å². The normalized spacial score (nSPS) is 9.65. The van der Waals surface area contributed by atoms with Gasteiger partial charge in [0.05, 0.1) is 28.7 Å². The van der Waals surface area contributed by atoms with E-state index in [2.05, 4.69) is 16.4 Å². The number of nitrogens with zero attached hydrogens (tertiary/aromatic N) is 3. The van der Waals surface area contributed by atoms with Gasteiger partial charge in [0.1, 0.15) is 6.07 Å². The van der Waals surface area contributed by atoms with Crippen molar-refractivity contribution in [1.29, 1.82) is 5.26 Å². The van der Waals surface area contributed by atoms with Crippen LogP contribution in [0.2, 0.25) is 0 Å². The second kappa shape index (κ2) is 5.85. The predicted molar refractivity (Wildman–Crippen MR) is 77.7 cm³/mol. The number of para-hydroxylation sites is 1. The molecule has 0 bridgehead atoms. The van der Waals surface area contributed by atoms with Crippen LogP contribution in [-0.4, -0.2) is 25.0 Å². The number of anilines is 2. The van der Waals surface area contributed by atoms with Gasteiger partial charge in [-0.25, -0.2) is 0 Å². The second-order valence-corrected chi connectivity index (χ2v) is 4.16. The third-order valence-corrected chi connectivity index (χ3v) is 3.01. The van der Waals surface area contributed by atoms with Crippen LogP contribution in [0.15, 0.2) is 42.7 Å². The molecule has 5 nitrogen and oxygen atoms in total. The Balaban J connectivity index is 2.41. The van der Waals surface area contributed by atoms with E-state index >= 15 is 0 Å². The fourth-order valence-corrected chi connectivity index (χ4v) is 1.93. The van der Waals surface area contributed by atoms with Crippen molar-refractivity contribution in [1.82, 2.24) is 4.98 Å². The van der Waals surface area contributed by atoms with E-state index in [1.807, 2.05) is 0 Å². The summed E-state index contributed by atoms with van der Waals surface area (Å²) in [4.78, 5) is 18.0. The zero-order valence-electron chi connectivity index (χ0n) is 11.3. The lowest BCUT2D eigenvalue weighted by Crippen LogP contribution is -2.27. The highest BCUT2D eigenvalue weighted by atomic mass is 16.2. The average Bonchev–Trinajstić information content (AvgIpc) is 2.53. The van der Waals surface area contributed by atoms with Gasteiger partial charge in [-0.05, 0) is 18.2 Å². The van der Waals surface area contributed by atoms with Crippen LogP contribution in [0.1, 0.15) is 15.9 Å². The van der Waals surface area contributed by atoms with Crippen molar-refractivity contribution >= 4 is 17.3 Å². The lowest BCUT2D eigenvalue weighted by atomic mass is 10.1. The van der Waals surface area contributed by atoms with Crippen LogP contribution in [0.5, 0.6) is 0 Å². The van der Waals surface area contributed by atoms with E-state index in [0.717, 1.165) is 0 Å². The molecule has 0 aliphatic carbocycles. The van der Waals surface area contributed by atoms with Crippen LogP contribution in [0.4, 0.5) is 11.4 Å². The Hall–Kier alpha value is -2.87. The molecule has 0 atom stereocenters. The zero-order valence-corrected chi connectivity index (χ0v) is 11.3. The van der Waals surface area contributed by atoms with Gasteiger partial charge in [0, 0.05) is 20.3 Å². The smallest absolute Gasteiger partial charge is 0.260 e. The molecular weight excluding hydrogens is 252 g/mol. The van der Waals surface area contributed by atoms with Crippen LogP contribution in [0.25, 0.3) is 0 Å². The van der Waals surface area contributed by atoms with Gasteiger partial charge < -0.3 is 10.2 Å². The molecule has 2 aromatic rings. The standard InChI is InChI=1S/C15H14N4O/c1-17-13-10-18-8-7-12(13)15(20)19(2)14-6-4-3-5-11(14)9-16/h3-8,10,17H,1-2H3. The summed E-state index contributed by atoms with van der Waals surface area (Å²) in [5, 5.41) is 12.0. The van der Waals surface area contributed by atoms with E-state index in [-0.39, 0.29) is 5.91 Å². The highest BCUT2D eigenvalue weighted by Crippen LogP contribution is 2.22. The molecule has 0 unspecified atom stereocenters. The number of carbonyl (C=O) groups excluding carboxylic acids is 1. The van der Waals surface area contributed by atoms with Gasteiger partial charge in [-0.15, -0.1) is 0 Å². The fraction of sp³-hybridized carbons (Fsp3) is 0.133. The van der Waals surface area contributed by atoms with E-state index in [1.54, 1.807) is 56.8 Å². The summed E-state index contributed by atoms with van der Waals surface area (Å²) in [7, 11) is 3.38. The quantitative estimate of drug-likeness (QED) is 0.925. The minimum atomic E-state index is -0.195. The summed E-state index contributed by atoms with van der Waals surface area (Å²) < 4.78 is 0. The Kier molecular flexibility index (Phi) is 3.96. The van der Waals surface area contributed by atoms with Crippen LogP contribution in [0, 0.1) is 11.3 Å². The van der Waals surface area contributed by atoms with Gasteiger partial charge in [-0.1, -0.05) is 12.1 Å². The first kappa shape index (κ1) is 13.6. The van der Waals surface area contributed by atoms with Gasteiger partial charge in [-0.3, -0.25) is 9.78 Å². The number of nitriles is 1. The molecule has 100 valence electrons. The minimum Gasteiger partial charge on any atom is -0.386 e. The largest absolute Gasteiger partial charge is 0.386 e. The molecule has 0 radical (unpaired) electrons. The first-order valence-electron chi connectivity index (χ1n) is 6.08. The highest BCUT2D eigenvalue weighted by molar-refractivity contribution is 6.09. The Labute approximate surface area is 117 Å². The average molecular weight is 266 g/mol. The molecule has 0 spiro atoms. The second-order valence-electron chi connectivity index (χ2n) is 4.16. The molecule has 0 aliphatic heterocycles. The Bertz CT molecular complexity index is 676. The van der Waals surface area contributed by atoms with Crippen molar-refractivity contribution in [3.05, 3.63) is 53.9 Å². The monoisotopic (exact) mass is 266 g/mol. The maximum absolute atomic E-state index is 12.5. The molecule has 1 N–H and O–H groups in total. The lowest BCUT2D eigenvalue weighted by molar-refractivity contribution is 0.0993. The maximum Gasteiger partial charge on any atom is 0.260 e. The number of aromatic nitrogens is 1. The topological polar surface area (TPSA) is 69.0 Å². The minimum absolute atomic E-state index is 0.195. The molecule has 1 aromatic heterocycles. The third-order valence-electron chi connectivity index (χ3n) is 3.01. The molecule has 20 heavy (non-hydrogen) atoms. The van der Waals surface area contributed by atoms with Crippen molar-refractivity contribution < 1.29 is 4.79 Å². The van der Waals surface area contributed by atoms with Crippen LogP contribution < -0.4 is 10.2 Å². The molecular formula is C15H14N4O. The van der Waals surface area contributed by atoms with Crippen molar-refractivity contribution in [2.75, 3.05) is 24.3 Å². The Morgan fingerprint density at radius 2 is 2.10 bits per heavy atom. The zero-order chi connectivity index (χ0) is 14.5. The molecule has 0 saturated carbocycles. The lowest BCUT2D eigenvalue weighted by Gasteiger charge is -2.19. The third kappa shape index (κ3) is 2.45. The van der Waals surface area contributed by atoms with E-state index in [9.17, 15) is 4.79 Å². The number of hydrogen-bond acceptors (Lipinski definition) is 4. The molecule has 0 saturated heterocycles. The van der Waals surface area contributed by atoms with Gasteiger partial charge in [0.2, 0.25) is 0 Å². The van der Waals surface area contributed by atoms with Gasteiger partial charge in [0.25, 0.3) is 5.91 Å². The molecule has 1 heterocycles. The summed E-state index contributed by atoms with van der Waals surface area (Å²) in [5.74, 6) is -0.195. The number of rotatable bonds is 3. The van der Waals surface area contributed by atoms with E-state index in [0.29, 0.717) is 22.5 Å². The summed E-state index contributed by atoms with van der Waals surface area (Å²) in [6.45, 7) is 0. The van der Waals surface area contributed by atoms with Crippen LogP contribution >= 0.6 is 0 Å². The summed E-state index contributed by atoms with van der Waals surface area (Å²) in [6.07, 6.45) is 3.16. The summed E-state index contributed by atoms with van der Waals surface area (Å²) in [6, 6.07) is 10.7. The van der Waals surface area contributed by atoms with E-state index in [1.165, 1.54) is 4.90 Å². The number of nitrogens with one attached hydrogen (secondary N) is 1. The van der Waals surface area contributed by atoms with Crippen LogP contribution in [-0.2, 0) is 0 Å². The first-order valence-corrected chi connectivity index (χ1v) is 6.08. The molecule has 0 fully saturated rings. The van der Waals surface area contributed by atoms with Crippen molar-refractivity contribution in [2.45, 2.75) is 0 Å². The molecule has 1 amide bonds. The fourth-order valence-electron chi connectivity index (χ4n) is 1.93. The summed E-state index contributed by atoms with van der Waals surface area (Å²) in [5.41, 5.74) is 2.21. The van der Waals surface area contributed by atoms with Crippen molar-refractivity contribution in [2.24, 2.45) is 0 Å². The number of benzene rings is 1. The molecule has 0 aliphatic rings. The Morgan fingerprint density at radius 1 is 1.35 bits per heavy atom. The van der Waals surface area contributed by atoms with Gasteiger partial charge >= 0.3 is 0 Å². The molecule has 5 heteroatoms. The van der Waals surface area contributed by atoms with E-state index in [4.69, 9.17) is 5.26 Å². The SMILES string of the molecule is CNc1cnccc1C(=O)N(C)c1ccccc1C#N. The summed E-state index contributed by atoms with van der Waals surface area (Å²) >= 11 is 0. The van der Waals surface area contributed by atoms with Crippen molar-refractivity contribution in [3.8, 4) is 6.07 Å². The first-order chi connectivity index (χ1) is 9.69. The number of carbonyl (C=O) groups is 1. The number of hydrogen-bond donors (Lipinski definition) is 1. The predicted octanol–water partition coefficient (Wildman–Crippen LogP) is 2.27. The van der Waals surface area contributed by atoms with E-state index < -0.39 is 0 Å². The number of pyridine rings is 1. The molecule has 1 aromatic carbocycles. The van der Waals surface area contributed by atoms with Gasteiger partial charge in [0.15, 0.2) is 0 Å². The maximum atomic E-state index is 12.5. The van der Waals surface area contributed by atoms with Crippen LogP contribution in [0.3, 0.4) is 0 Å².